The quantitative estimate of drug-likeness (QED) is 0.790. The van der Waals surface area contributed by atoms with Crippen molar-refractivity contribution in [1.29, 1.82) is 0 Å². The minimum atomic E-state index is -0.500. The number of fused-ring (bicyclic) bond motifs is 1. The molecule has 0 bridgehead atoms. The van der Waals surface area contributed by atoms with Crippen LogP contribution in [-0.4, -0.2) is 16.7 Å². The largest absolute Gasteiger partial charge is 0.497 e. The standard InChI is InChI=1S/C15H11ClN2O3/c1-21-11-6-7-13-12(8-11)14(19)18(15(20)17-13)10-4-2-9(16)3-5-10/h2-8H,1H3,(H,17,20). The molecular formula is C15H11ClN2O3. The van der Waals surface area contributed by atoms with Crippen molar-refractivity contribution in [3.8, 4) is 11.4 Å². The van der Waals surface area contributed by atoms with Crippen molar-refractivity contribution >= 4 is 22.5 Å². The highest BCUT2D eigenvalue weighted by Crippen LogP contribution is 2.16. The van der Waals surface area contributed by atoms with E-state index in [9.17, 15) is 9.59 Å². The predicted octanol–water partition coefficient (Wildman–Crippen LogP) is 2.34. The molecule has 0 unspecified atom stereocenters. The van der Waals surface area contributed by atoms with Crippen LogP contribution in [0.1, 0.15) is 0 Å². The van der Waals surface area contributed by atoms with Gasteiger partial charge in [-0.05, 0) is 42.5 Å². The number of hydrogen-bond donors (Lipinski definition) is 1. The number of benzene rings is 2. The van der Waals surface area contributed by atoms with Crippen LogP contribution in [0.5, 0.6) is 5.75 Å². The maximum absolute atomic E-state index is 12.6. The zero-order valence-corrected chi connectivity index (χ0v) is 11.8. The van der Waals surface area contributed by atoms with Crippen LogP contribution in [0, 0.1) is 0 Å². The smallest absolute Gasteiger partial charge is 0.333 e. The van der Waals surface area contributed by atoms with Crippen LogP contribution in [0.15, 0.2) is 52.1 Å². The lowest BCUT2D eigenvalue weighted by Crippen LogP contribution is -2.33. The summed E-state index contributed by atoms with van der Waals surface area (Å²) in [7, 11) is 1.52. The van der Waals surface area contributed by atoms with Crippen molar-refractivity contribution in [3.63, 3.8) is 0 Å². The number of nitrogens with one attached hydrogen (secondary N) is 1. The molecule has 0 spiro atoms. The first kappa shape index (κ1) is 13.5. The third-order valence-electron chi connectivity index (χ3n) is 3.19. The van der Waals surface area contributed by atoms with Gasteiger partial charge in [-0.1, -0.05) is 11.6 Å². The highest BCUT2D eigenvalue weighted by molar-refractivity contribution is 6.30. The van der Waals surface area contributed by atoms with Gasteiger partial charge < -0.3 is 9.72 Å². The summed E-state index contributed by atoms with van der Waals surface area (Å²) in [5.41, 5.74) is 0.0151. The fraction of sp³-hybridized carbons (Fsp3) is 0.0667. The van der Waals surface area contributed by atoms with Crippen LogP contribution < -0.4 is 16.0 Å². The van der Waals surface area contributed by atoms with Crippen molar-refractivity contribution in [3.05, 3.63) is 68.3 Å². The maximum Gasteiger partial charge on any atom is 0.333 e. The summed E-state index contributed by atoms with van der Waals surface area (Å²) in [6.07, 6.45) is 0. The van der Waals surface area contributed by atoms with Gasteiger partial charge in [0.15, 0.2) is 0 Å². The van der Waals surface area contributed by atoms with Crippen LogP contribution >= 0.6 is 11.6 Å². The van der Waals surface area contributed by atoms with E-state index in [2.05, 4.69) is 4.98 Å². The van der Waals surface area contributed by atoms with E-state index >= 15 is 0 Å². The van der Waals surface area contributed by atoms with E-state index < -0.39 is 11.2 Å². The van der Waals surface area contributed by atoms with Crippen molar-refractivity contribution in [2.75, 3.05) is 7.11 Å². The number of ether oxygens (including phenoxy) is 1. The van der Waals surface area contributed by atoms with Crippen LogP contribution in [0.3, 0.4) is 0 Å². The van der Waals surface area contributed by atoms with Crippen molar-refractivity contribution in [2.24, 2.45) is 0 Å². The predicted molar refractivity (Wildman–Crippen MR) is 81.7 cm³/mol. The van der Waals surface area contributed by atoms with Gasteiger partial charge >= 0.3 is 5.69 Å². The average molecular weight is 303 g/mol. The molecule has 0 aliphatic carbocycles. The number of H-pyrrole nitrogens is 1. The molecule has 0 aliphatic heterocycles. The van der Waals surface area contributed by atoms with Crippen LogP contribution in [0.4, 0.5) is 0 Å². The molecule has 21 heavy (non-hydrogen) atoms. The number of hydrogen-bond acceptors (Lipinski definition) is 3. The molecule has 0 radical (unpaired) electrons. The summed E-state index contributed by atoms with van der Waals surface area (Å²) in [5.74, 6) is 0.550. The van der Waals surface area contributed by atoms with E-state index in [1.165, 1.54) is 7.11 Å². The summed E-state index contributed by atoms with van der Waals surface area (Å²) in [4.78, 5) is 27.4. The van der Waals surface area contributed by atoms with Gasteiger partial charge in [0.2, 0.25) is 0 Å². The molecule has 2 aromatic carbocycles. The first-order valence-electron chi connectivity index (χ1n) is 6.19. The third-order valence-corrected chi connectivity index (χ3v) is 3.44. The molecule has 6 heteroatoms. The van der Waals surface area contributed by atoms with Crippen molar-refractivity contribution in [2.45, 2.75) is 0 Å². The van der Waals surface area contributed by atoms with E-state index in [4.69, 9.17) is 16.3 Å². The van der Waals surface area contributed by atoms with Crippen molar-refractivity contribution < 1.29 is 4.74 Å². The molecule has 0 amide bonds. The number of aromatic nitrogens is 2. The Morgan fingerprint density at radius 3 is 2.48 bits per heavy atom. The lowest BCUT2D eigenvalue weighted by atomic mass is 10.2. The molecule has 0 fully saturated rings. The first-order chi connectivity index (χ1) is 10.1. The van der Waals surface area contributed by atoms with E-state index in [1.54, 1.807) is 42.5 Å². The zero-order chi connectivity index (χ0) is 15.0. The van der Waals surface area contributed by atoms with Gasteiger partial charge in [-0.2, -0.15) is 0 Å². The van der Waals surface area contributed by atoms with Gasteiger partial charge in [0.05, 0.1) is 23.7 Å². The van der Waals surface area contributed by atoms with E-state index in [-0.39, 0.29) is 0 Å². The van der Waals surface area contributed by atoms with Gasteiger partial charge in [-0.15, -0.1) is 0 Å². The second kappa shape index (κ2) is 5.10. The molecule has 0 saturated carbocycles. The Kier molecular flexibility index (Phi) is 3.27. The highest BCUT2D eigenvalue weighted by atomic mass is 35.5. The number of halogens is 1. The number of nitrogens with zero attached hydrogens (tertiary/aromatic N) is 1. The summed E-state index contributed by atoms with van der Waals surface area (Å²) in [6.45, 7) is 0. The SMILES string of the molecule is COc1ccc2[nH]c(=O)n(-c3ccc(Cl)cc3)c(=O)c2c1. The van der Waals surface area contributed by atoms with Gasteiger partial charge in [0.1, 0.15) is 5.75 Å². The Hall–Kier alpha value is -2.53. The Bertz CT molecular complexity index is 926. The lowest BCUT2D eigenvalue weighted by molar-refractivity contribution is 0.415. The molecule has 3 aromatic rings. The highest BCUT2D eigenvalue weighted by Gasteiger charge is 2.10. The van der Waals surface area contributed by atoms with Gasteiger partial charge in [-0.3, -0.25) is 4.79 Å². The topological polar surface area (TPSA) is 64.1 Å². The zero-order valence-electron chi connectivity index (χ0n) is 11.1. The molecule has 1 N–H and O–H groups in total. The Balaban J connectivity index is 2.35. The van der Waals surface area contributed by atoms with Crippen molar-refractivity contribution in [1.82, 2.24) is 9.55 Å². The molecular weight excluding hydrogens is 292 g/mol. The monoisotopic (exact) mass is 302 g/mol. The molecule has 106 valence electrons. The normalized spacial score (nSPS) is 10.8. The molecule has 3 rings (SSSR count). The minimum Gasteiger partial charge on any atom is -0.497 e. The fourth-order valence-electron chi connectivity index (χ4n) is 2.14. The summed E-state index contributed by atoms with van der Waals surface area (Å²) >= 11 is 5.82. The second-order valence-electron chi connectivity index (χ2n) is 4.46. The van der Waals surface area contributed by atoms with Crippen LogP contribution in [0.2, 0.25) is 5.02 Å². The molecule has 0 atom stereocenters. The maximum atomic E-state index is 12.6. The average Bonchev–Trinajstić information content (AvgIpc) is 2.49. The molecule has 5 nitrogen and oxygen atoms in total. The summed E-state index contributed by atoms with van der Waals surface area (Å²) in [5, 5.41) is 0.912. The Morgan fingerprint density at radius 2 is 1.81 bits per heavy atom. The third kappa shape index (κ3) is 2.32. The van der Waals surface area contributed by atoms with Crippen LogP contribution in [-0.2, 0) is 0 Å². The number of aromatic amines is 1. The molecule has 0 saturated heterocycles. The fourth-order valence-corrected chi connectivity index (χ4v) is 2.27. The number of methoxy groups -OCH3 is 1. The molecule has 0 aliphatic rings. The van der Waals surface area contributed by atoms with E-state index in [0.29, 0.717) is 27.4 Å². The van der Waals surface area contributed by atoms with E-state index in [1.807, 2.05) is 0 Å². The van der Waals surface area contributed by atoms with Gasteiger partial charge in [0.25, 0.3) is 5.56 Å². The molecule has 1 heterocycles. The number of rotatable bonds is 2. The summed E-state index contributed by atoms with van der Waals surface area (Å²) in [6, 6.07) is 11.4. The van der Waals surface area contributed by atoms with E-state index in [0.717, 1.165) is 4.57 Å². The van der Waals surface area contributed by atoms with Gasteiger partial charge in [0, 0.05) is 5.02 Å². The Labute approximate surface area is 124 Å². The lowest BCUT2D eigenvalue weighted by Gasteiger charge is -2.07. The Morgan fingerprint density at radius 1 is 1.10 bits per heavy atom. The molecule has 1 aromatic heterocycles. The minimum absolute atomic E-state index is 0.379. The van der Waals surface area contributed by atoms with Crippen LogP contribution in [0.25, 0.3) is 16.6 Å². The van der Waals surface area contributed by atoms with Gasteiger partial charge in [-0.25, -0.2) is 9.36 Å². The summed E-state index contributed by atoms with van der Waals surface area (Å²) < 4.78 is 6.18. The second-order valence-corrected chi connectivity index (χ2v) is 4.90. The first-order valence-corrected chi connectivity index (χ1v) is 6.57.